The van der Waals surface area contributed by atoms with Crippen LogP contribution in [0.15, 0.2) is 47.4 Å². The van der Waals surface area contributed by atoms with E-state index in [9.17, 15) is 18.0 Å². The number of nitrogens with one attached hydrogen (secondary N) is 2. The molecule has 0 spiro atoms. The maximum atomic E-state index is 13.0. The van der Waals surface area contributed by atoms with E-state index in [1.54, 1.807) is 24.3 Å². The third-order valence-corrected chi connectivity index (χ3v) is 6.81. The van der Waals surface area contributed by atoms with Crippen molar-refractivity contribution in [2.75, 3.05) is 45.3 Å². The number of hydrogen-bond donors (Lipinski definition) is 2. The number of methoxy groups -OCH3 is 1. The molecule has 0 aromatic heterocycles. The average Bonchev–Trinajstić information content (AvgIpc) is 2.78. The first-order valence-corrected chi connectivity index (χ1v) is 11.2. The highest BCUT2D eigenvalue weighted by Crippen LogP contribution is 2.30. The van der Waals surface area contributed by atoms with E-state index in [0.29, 0.717) is 13.2 Å². The first-order valence-electron chi connectivity index (χ1n) is 9.41. The van der Waals surface area contributed by atoms with E-state index in [0.717, 1.165) is 0 Å². The standard InChI is InChI=1S/C20H22ClN3O6S/c1-29-17-7-6-14(12-18(17)31(27,28)24-8-10-30-11-9-24)23-19(25)13-22-20(26)15-4-2-3-5-16(15)21/h2-7,12H,8-11,13H2,1H3,(H,22,26)(H,23,25). The van der Waals surface area contributed by atoms with Gasteiger partial charge in [-0.1, -0.05) is 23.7 Å². The van der Waals surface area contributed by atoms with Crippen LogP contribution in [0.3, 0.4) is 0 Å². The van der Waals surface area contributed by atoms with Crippen LogP contribution in [0.1, 0.15) is 10.4 Å². The van der Waals surface area contributed by atoms with Gasteiger partial charge in [0.2, 0.25) is 15.9 Å². The van der Waals surface area contributed by atoms with Gasteiger partial charge in [-0.05, 0) is 30.3 Å². The van der Waals surface area contributed by atoms with Gasteiger partial charge < -0.3 is 20.1 Å². The molecular weight excluding hydrogens is 446 g/mol. The Morgan fingerprint density at radius 3 is 2.55 bits per heavy atom. The van der Waals surface area contributed by atoms with E-state index >= 15 is 0 Å². The fraction of sp³-hybridized carbons (Fsp3) is 0.300. The van der Waals surface area contributed by atoms with Crippen molar-refractivity contribution in [3.05, 3.63) is 53.1 Å². The molecule has 9 nitrogen and oxygen atoms in total. The van der Waals surface area contributed by atoms with Gasteiger partial charge in [0, 0.05) is 18.8 Å². The molecule has 0 saturated carbocycles. The molecule has 31 heavy (non-hydrogen) atoms. The van der Waals surface area contributed by atoms with Gasteiger partial charge in [0.15, 0.2) is 0 Å². The molecule has 1 aliphatic rings. The van der Waals surface area contributed by atoms with Crippen LogP contribution < -0.4 is 15.4 Å². The molecule has 0 bridgehead atoms. The molecule has 2 amide bonds. The number of anilines is 1. The number of morpholine rings is 1. The van der Waals surface area contributed by atoms with Crippen molar-refractivity contribution in [3.8, 4) is 5.75 Å². The lowest BCUT2D eigenvalue weighted by atomic mass is 10.2. The van der Waals surface area contributed by atoms with Gasteiger partial charge >= 0.3 is 0 Å². The van der Waals surface area contributed by atoms with E-state index in [1.165, 1.54) is 29.6 Å². The molecule has 11 heteroatoms. The Bertz CT molecular complexity index is 1070. The van der Waals surface area contributed by atoms with Crippen molar-refractivity contribution in [3.63, 3.8) is 0 Å². The number of rotatable bonds is 7. The van der Waals surface area contributed by atoms with Gasteiger partial charge in [-0.3, -0.25) is 9.59 Å². The molecule has 2 N–H and O–H groups in total. The van der Waals surface area contributed by atoms with Gasteiger partial charge in [-0.2, -0.15) is 4.31 Å². The summed E-state index contributed by atoms with van der Waals surface area (Å²) >= 11 is 5.97. The van der Waals surface area contributed by atoms with Crippen LogP contribution in [0, 0.1) is 0 Å². The van der Waals surface area contributed by atoms with Crippen molar-refractivity contribution in [2.45, 2.75) is 4.90 Å². The Morgan fingerprint density at radius 1 is 1.16 bits per heavy atom. The molecule has 1 heterocycles. The molecule has 0 radical (unpaired) electrons. The van der Waals surface area contributed by atoms with Crippen LogP contribution in [-0.2, 0) is 19.6 Å². The van der Waals surface area contributed by atoms with Crippen LogP contribution in [0.5, 0.6) is 5.75 Å². The number of sulfonamides is 1. The number of benzene rings is 2. The van der Waals surface area contributed by atoms with E-state index in [2.05, 4.69) is 10.6 Å². The van der Waals surface area contributed by atoms with Crippen LogP contribution in [0.2, 0.25) is 5.02 Å². The smallest absolute Gasteiger partial charge is 0.253 e. The van der Waals surface area contributed by atoms with Crippen molar-refractivity contribution in [2.24, 2.45) is 0 Å². The second-order valence-corrected chi connectivity index (χ2v) is 8.91. The first-order chi connectivity index (χ1) is 14.8. The molecule has 2 aromatic carbocycles. The minimum atomic E-state index is -3.84. The van der Waals surface area contributed by atoms with E-state index in [1.807, 2.05) is 0 Å². The number of ether oxygens (including phenoxy) is 2. The highest BCUT2D eigenvalue weighted by atomic mass is 35.5. The van der Waals surface area contributed by atoms with Gasteiger partial charge in [0.05, 0.1) is 37.5 Å². The third kappa shape index (κ3) is 5.53. The van der Waals surface area contributed by atoms with E-state index in [-0.39, 0.29) is 46.6 Å². The van der Waals surface area contributed by atoms with Crippen LogP contribution >= 0.6 is 11.6 Å². The highest BCUT2D eigenvalue weighted by Gasteiger charge is 2.29. The normalized spacial score (nSPS) is 14.6. The fourth-order valence-corrected chi connectivity index (χ4v) is 4.80. The zero-order valence-electron chi connectivity index (χ0n) is 16.8. The van der Waals surface area contributed by atoms with Gasteiger partial charge in [0.25, 0.3) is 5.91 Å². The van der Waals surface area contributed by atoms with Gasteiger partial charge in [0.1, 0.15) is 10.6 Å². The van der Waals surface area contributed by atoms with Crippen LogP contribution in [-0.4, -0.2) is 64.5 Å². The number of amides is 2. The van der Waals surface area contributed by atoms with Gasteiger partial charge in [-0.25, -0.2) is 8.42 Å². The lowest BCUT2D eigenvalue weighted by Gasteiger charge is -2.26. The zero-order chi connectivity index (χ0) is 22.4. The maximum Gasteiger partial charge on any atom is 0.253 e. The summed E-state index contributed by atoms with van der Waals surface area (Å²) in [6.07, 6.45) is 0. The predicted octanol–water partition coefficient (Wildman–Crippen LogP) is 1.74. The summed E-state index contributed by atoms with van der Waals surface area (Å²) in [5.74, 6) is -0.858. The minimum Gasteiger partial charge on any atom is -0.495 e. The van der Waals surface area contributed by atoms with Crippen molar-refractivity contribution in [1.82, 2.24) is 9.62 Å². The molecule has 1 saturated heterocycles. The topological polar surface area (TPSA) is 114 Å². The molecule has 3 rings (SSSR count). The molecule has 166 valence electrons. The molecule has 1 aliphatic heterocycles. The second kappa shape index (κ2) is 10.1. The summed E-state index contributed by atoms with van der Waals surface area (Å²) in [5.41, 5.74) is 0.505. The summed E-state index contributed by atoms with van der Waals surface area (Å²) in [5, 5.41) is 5.33. The summed E-state index contributed by atoms with van der Waals surface area (Å²) in [6.45, 7) is 0.764. The summed E-state index contributed by atoms with van der Waals surface area (Å²) < 4.78 is 37.8. The predicted molar refractivity (Wildman–Crippen MR) is 115 cm³/mol. The molecule has 0 unspecified atom stereocenters. The lowest BCUT2D eigenvalue weighted by Crippen LogP contribution is -2.40. The van der Waals surface area contributed by atoms with Crippen LogP contribution in [0.4, 0.5) is 5.69 Å². The molecular formula is C20H22ClN3O6S. The fourth-order valence-electron chi connectivity index (χ4n) is 2.99. The summed E-state index contributed by atoms with van der Waals surface area (Å²) in [6, 6.07) is 10.8. The van der Waals surface area contributed by atoms with Gasteiger partial charge in [-0.15, -0.1) is 0 Å². The Balaban J connectivity index is 1.70. The third-order valence-electron chi connectivity index (χ3n) is 4.56. The number of carbonyl (C=O) groups excluding carboxylic acids is 2. The van der Waals surface area contributed by atoms with E-state index in [4.69, 9.17) is 21.1 Å². The number of carbonyl (C=O) groups is 2. The number of nitrogens with zero attached hydrogens (tertiary/aromatic N) is 1. The minimum absolute atomic E-state index is 0.0604. The quantitative estimate of drug-likeness (QED) is 0.641. The Morgan fingerprint density at radius 2 is 1.87 bits per heavy atom. The Hall–Kier alpha value is -2.66. The Kier molecular flexibility index (Phi) is 7.50. The molecule has 0 atom stereocenters. The van der Waals surface area contributed by atoms with Crippen molar-refractivity contribution >= 4 is 39.1 Å². The number of hydrogen-bond acceptors (Lipinski definition) is 6. The number of halogens is 1. The Labute approximate surface area is 185 Å². The zero-order valence-corrected chi connectivity index (χ0v) is 18.3. The first kappa shape index (κ1) is 23.0. The SMILES string of the molecule is COc1ccc(NC(=O)CNC(=O)c2ccccc2Cl)cc1S(=O)(=O)N1CCOCC1. The second-order valence-electron chi connectivity index (χ2n) is 6.59. The van der Waals surface area contributed by atoms with Crippen molar-refractivity contribution < 1.29 is 27.5 Å². The van der Waals surface area contributed by atoms with Crippen molar-refractivity contribution in [1.29, 1.82) is 0 Å². The lowest BCUT2D eigenvalue weighted by molar-refractivity contribution is -0.115. The molecule has 1 fully saturated rings. The monoisotopic (exact) mass is 467 g/mol. The van der Waals surface area contributed by atoms with E-state index < -0.39 is 21.8 Å². The highest BCUT2D eigenvalue weighted by molar-refractivity contribution is 7.89. The summed E-state index contributed by atoms with van der Waals surface area (Å²) in [7, 11) is -2.47. The average molecular weight is 468 g/mol. The summed E-state index contributed by atoms with van der Waals surface area (Å²) in [4.78, 5) is 24.4. The maximum absolute atomic E-state index is 13.0. The van der Waals surface area contributed by atoms with Crippen LogP contribution in [0.25, 0.3) is 0 Å². The molecule has 0 aliphatic carbocycles. The largest absolute Gasteiger partial charge is 0.495 e. The molecule has 2 aromatic rings.